The first-order valence-corrected chi connectivity index (χ1v) is 8.74. The molecule has 0 bridgehead atoms. The van der Waals surface area contributed by atoms with Crippen LogP contribution in [0.2, 0.25) is 0 Å². The van der Waals surface area contributed by atoms with Crippen LogP contribution in [-0.4, -0.2) is 5.96 Å². The molecule has 5 rings (SSSR count). The molecule has 0 fully saturated rings. The quantitative estimate of drug-likeness (QED) is 0.266. The van der Waals surface area contributed by atoms with E-state index in [9.17, 15) is 4.39 Å². The number of anilines is 2. The number of nitrogens with one attached hydrogen (secondary N) is 3. The summed E-state index contributed by atoms with van der Waals surface area (Å²) in [4.78, 5) is 0. The zero-order valence-electron chi connectivity index (χ0n) is 14.4. The van der Waals surface area contributed by atoms with Gasteiger partial charge in [0.1, 0.15) is 5.82 Å². The maximum absolute atomic E-state index is 13.6. The van der Waals surface area contributed by atoms with E-state index < -0.39 is 0 Å². The van der Waals surface area contributed by atoms with Crippen LogP contribution in [0.1, 0.15) is 11.1 Å². The fourth-order valence-corrected chi connectivity index (χ4v) is 3.68. The summed E-state index contributed by atoms with van der Waals surface area (Å²) >= 11 is 0. The lowest BCUT2D eigenvalue weighted by molar-refractivity contribution is 0.630. The summed E-state index contributed by atoms with van der Waals surface area (Å²) in [5.74, 6) is -0.156. The molecular formula is C23H16FN3. The molecule has 4 heteroatoms. The van der Waals surface area contributed by atoms with E-state index >= 15 is 0 Å². The molecule has 0 atom stereocenters. The average Bonchev–Trinajstić information content (AvgIpc) is 3.11. The van der Waals surface area contributed by atoms with Gasteiger partial charge in [-0.25, -0.2) is 4.39 Å². The minimum Gasteiger partial charge on any atom is -0.326 e. The van der Waals surface area contributed by atoms with Crippen LogP contribution in [0.15, 0.2) is 66.7 Å². The summed E-state index contributed by atoms with van der Waals surface area (Å²) in [6, 6.07) is 20.6. The second-order valence-electron chi connectivity index (χ2n) is 6.60. The summed E-state index contributed by atoms with van der Waals surface area (Å²) in [5.41, 5.74) is 3.83. The van der Waals surface area contributed by atoms with Crippen LogP contribution in [0.4, 0.5) is 15.8 Å². The first-order chi connectivity index (χ1) is 13.2. The highest BCUT2D eigenvalue weighted by atomic mass is 19.1. The van der Waals surface area contributed by atoms with Gasteiger partial charge >= 0.3 is 0 Å². The van der Waals surface area contributed by atoms with Gasteiger partial charge < -0.3 is 10.6 Å². The predicted molar refractivity (Wildman–Crippen MR) is 112 cm³/mol. The Balaban J connectivity index is 1.47. The van der Waals surface area contributed by atoms with Gasteiger partial charge in [0, 0.05) is 22.3 Å². The molecular weight excluding hydrogens is 337 g/mol. The van der Waals surface area contributed by atoms with E-state index in [1.807, 2.05) is 30.3 Å². The highest BCUT2D eigenvalue weighted by Crippen LogP contribution is 2.36. The van der Waals surface area contributed by atoms with Crippen molar-refractivity contribution in [3.63, 3.8) is 0 Å². The van der Waals surface area contributed by atoms with Gasteiger partial charge in [-0.1, -0.05) is 54.6 Å². The Kier molecular flexibility index (Phi) is 3.44. The molecule has 4 aromatic rings. The second-order valence-corrected chi connectivity index (χ2v) is 6.60. The SMILES string of the molecule is N=C(Nc1ccc2cccc3c2c1C=C3)Nc1cccc2ccc(F)cc12. The van der Waals surface area contributed by atoms with Crippen molar-refractivity contribution >= 4 is 51.0 Å². The van der Waals surface area contributed by atoms with Crippen LogP contribution in [-0.2, 0) is 0 Å². The smallest absolute Gasteiger partial charge is 0.197 e. The lowest BCUT2D eigenvalue weighted by Gasteiger charge is -2.15. The van der Waals surface area contributed by atoms with Crippen molar-refractivity contribution in [3.8, 4) is 0 Å². The first-order valence-electron chi connectivity index (χ1n) is 8.74. The Labute approximate surface area is 155 Å². The highest BCUT2D eigenvalue weighted by Gasteiger charge is 2.14. The minimum atomic E-state index is -0.295. The van der Waals surface area contributed by atoms with E-state index in [0.29, 0.717) is 5.69 Å². The molecule has 0 saturated heterocycles. The maximum Gasteiger partial charge on any atom is 0.197 e. The van der Waals surface area contributed by atoms with Gasteiger partial charge in [0.15, 0.2) is 5.96 Å². The van der Waals surface area contributed by atoms with Crippen molar-refractivity contribution in [2.75, 3.05) is 10.6 Å². The Hall–Kier alpha value is -3.66. The molecule has 130 valence electrons. The van der Waals surface area contributed by atoms with Gasteiger partial charge in [0.2, 0.25) is 0 Å². The first kappa shape index (κ1) is 15.6. The monoisotopic (exact) mass is 353 g/mol. The van der Waals surface area contributed by atoms with Crippen molar-refractivity contribution in [1.29, 1.82) is 5.41 Å². The molecule has 0 unspecified atom stereocenters. The molecule has 0 saturated carbocycles. The molecule has 0 amide bonds. The molecule has 1 aliphatic rings. The summed E-state index contributed by atoms with van der Waals surface area (Å²) in [5, 5.41) is 18.6. The van der Waals surface area contributed by atoms with Gasteiger partial charge in [-0.2, -0.15) is 0 Å². The number of guanidine groups is 1. The van der Waals surface area contributed by atoms with Crippen LogP contribution >= 0.6 is 0 Å². The van der Waals surface area contributed by atoms with Crippen molar-refractivity contribution in [2.24, 2.45) is 0 Å². The highest BCUT2D eigenvalue weighted by molar-refractivity contribution is 6.13. The lowest BCUT2D eigenvalue weighted by atomic mass is 10.0. The molecule has 0 spiro atoms. The largest absolute Gasteiger partial charge is 0.326 e. The van der Waals surface area contributed by atoms with E-state index in [-0.39, 0.29) is 11.8 Å². The molecule has 0 heterocycles. The lowest BCUT2D eigenvalue weighted by Crippen LogP contribution is -2.21. The van der Waals surface area contributed by atoms with E-state index in [4.69, 9.17) is 5.41 Å². The Bertz CT molecular complexity index is 1260. The Morgan fingerprint density at radius 3 is 2.48 bits per heavy atom. The Morgan fingerprint density at radius 2 is 1.56 bits per heavy atom. The van der Waals surface area contributed by atoms with Crippen molar-refractivity contribution < 1.29 is 4.39 Å². The molecule has 27 heavy (non-hydrogen) atoms. The third-order valence-electron chi connectivity index (χ3n) is 4.91. The maximum atomic E-state index is 13.6. The zero-order valence-corrected chi connectivity index (χ0v) is 14.4. The number of hydrogen-bond donors (Lipinski definition) is 3. The fraction of sp³-hybridized carbons (Fsp3) is 0. The van der Waals surface area contributed by atoms with E-state index in [1.54, 1.807) is 6.07 Å². The van der Waals surface area contributed by atoms with Crippen LogP contribution in [0.3, 0.4) is 0 Å². The van der Waals surface area contributed by atoms with Crippen LogP contribution in [0, 0.1) is 11.2 Å². The van der Waals surface area contributed by atoms with Crippen molar-refractivity contribution in [3.05, 3.63) is 83.7 Å². The zero-order chi connectivity index (χ0) is 18.4. The van der Waals surface area contributed by atoms with Crippen molar-refractivity contribution in [1.82, 2.24) is 0 Å². The van der Waals surface area contributed by atoms with E-state index in [2.05, 4.69) is 41.0 Å². The molecule has 3 N–H and O–H groups in total. The van der Waals surface area contributed by atoms with Gasteiger partial charge in [-0.3, -0.25) is 5.41 Å². The second kappa shape index (κ2) is 5.95. The summed E-state index contributed by atoms with van der Waals surface area (Å²) in [6.07, 6.45) is 4.16. The molecule has 1 aliphatic carbocycles. The number of hydrogen-bond acceptors (Lipinski definition) is 1. The fourth-order valence-electron chi connectivity index (χ4n) is 3.68. The summed E-state index contributed by atoms with van der Waals surface area (Å²) in [6.45, 7) is 0. The van der Waals surface area contributed by atoms with Crippen LogP contribution < -0.4 is 10.6 Å². The molecule has 0 aliphatic heterocycles. The number of halogens is 1. The van der Waals surface area contributed by atoms with Crippen molar-refractivity contribution in [2.45, 2.75) is 0 Å². The van der Waals surface area contributed by atoms with Gasteiger partial charge in [-0.15, -0.1) is 0 Å². The molecule has 0 radical (unpaired) electrons. The standard InChI is InChI=1S/C23H16FN3/c24-17-10-7-14-3-2-6-20(19(14)13-17)26-23(25)27-21-12-9-16-5-1-4-15-8-11-18(21)22(15)16/h1-13H,(H3,25,26,27). The number of fused-ring (bicyclic) bond motifs is 1. The predicted octanol–water partition coefficient (Wildman–Crippen LogP) is 6.07. The third-order valence-corrected chi connectivity index (χ3v) is 4.91. The van der Waals surface area contributed by atoms with Gasteiger partial charge in [-0.05, 0) is 46.0 Å². The summed E-state index contributed by atoms with van der Waals surface area (Å²) in [7, 11) is 0. The average molecular weight is 353 g/mol. The van der Waals surface area contributed by atoms with Gasteiger partial charge in [0.05, 0.1) is 0 Å². The Morgan fingerprint density at radius 1 is 0.778 bits per heavy atom. The topological polar surface area (TPSA) is 47.9 Å². The minimum absolute atomic E-state index is 0.139. The molecule has 4 aromatic carbocycles. The molecule has 0 aromatic heterocycles. The summed E-state index contributed by atoms with van der Waals surface area (Å²) < 4.78 is 13.6. The van der Waals surface area contributed by atoms with Gasteiger partial charge in [0.25, 0.3) is 0 Å². The third kappa shape index (κ3) is 2.62. The van der Waals surface area contributed by atoms with Crippen LogP contribution in [0.5, 0.6) is 0 Å². The number of benzene rings is 4. The van der Waals surface area contributed by atoms with E-state index in [0.717, 1.165) is 22.0 Å². The molecule has 3 nitrogen and oxygen atoms in total. The number of rotatable bonds is 2. The van der Waals surface area contributed by atoms with E-state index in [1.165, 1.54) is 28.5 Å². The van der Waals surface area contributed by atoms with Crippen LogP contribution in [0.25, 0.3) is 33.7 Å². The normalized spacial score (nSPS) is 11.9.